The third-order valence-corrected chi connectivity index (χ3v) is 35.9. The Morgan fingerprint density at radius 3 is 0.826 bits per heavy atom. The molecule has 0 saturated carbocycles. The predicted molar refractivity (Wildman–Crippen MR) is 372 cm³/mol. The number of hydrogen-bond donors (Lipinski definition) is 0. The van der Waals surface area contributed by atoms with Gasteiger partial charge in [0.15, 0.2) is 33.3 Å². The largest absolute Gasteiger partial charge is 0.420 e. The van der Waals surface area contributed by atoms with E-state index in [2.05, 4.69) is 86.2 Å². The number of hydrogen-bond acceptors (Lipinski definition) is 20. The fourth-order valence-corrected chi connectivity index (χ4v) is 18.7. The third kappa shape index (κ3) is 56.5. The van der Waals surface area contributed by atoms with Crippen molar-refractivity contribution in [3.05, 3.63) is 0 Å². The molecule has 0 saturated heterocycles. The van der Waals surface area contributed by atoms with E-state index in [1.54, 1.807) is 42.7 Å². The lowest BCUT2D eigenvalue weighted by atomic mass is 10.3. The minimum Gasteiger partial charge on any atom is -0.420 e. The summed E-state index contributed by atoms with van der Waals surface area (Å²) >= 11 is 0. The Morgan fingerprint density at radius 1 is 0.256 bits per heavy atom. The molecule has 0 N–H and O–H groups in total. The normalized spacial score (nSPS) is 14.0. The van der Waals surface area contributed by atoms with Crippen molar-refractivity contribution in [2.24, 2.45) is 0 Å². The second-order valence-corrected chi connectivity index (χ2v) is 55.4. The summed E-state index contributed by atoms with van der Waals surface area (Å²) < 4.78 is 113. The van der Waals surface area contributed by atoms with Crippen molar-refractivity contribution >= 4 is 67.5 Å². The third-order valence-electron chi connectivity index (χ3n) is 14.5. The summed E-state index contributed by atoms with van der Waals surface area (Å²) in [5.41, 5.74) is 0. The van der Waals surface area contributed by atoms with Gasteiger partial charge in [-0.3, -0.25) is 0 Å². The fraction of sp³-hybridized carbons (Fsp3) is 1.00. The Labute approximate surface area is 537 Å². The van der Waals surface area contributed by atoms with E-state index in [4.69, 9.17) is 91.0 Å². The average molecular weight is 1380 g/mol. The minimum atomic E-state index is -2.07. The van der Waals surface area contributed by atoms with Crippen LogP contribution in [0.25, 0.3) is 0 Å². The van der Waals surface area contributed by atoms with Gasteiger partial charge < -0.3 is 91.0 Å². The molecule has 28 heteroatoms. The summed E-state index contributed by atoms with van der Waals surface area (Å²) in [6, 6.07) is 7.44. The summed E-state index contributed by atoms with van der Waals surface area (Å²) in [7, 11) is -3.85. The van der Waals surface area contributed by atoms with Crippen LogP contribution >= 0.6 is 0 Å². The lowest BCUT2D eigenvalue weighted by Crippen LogP contribution is -2.40. The zero-order valence-electron chi connectivity index (χ0n) is 60.7. The highest BCUT2D eigenvalue weighted by Crippen LogP contribution is 2.19. The van der Waals surface area contributed by atoms with Crippen LogP contribution < -0.4 is 0 Å². The molecule has 0 amide bonds. The van der Waals surface area contributed by atoms with Gasteiger partial charge in [-0.2, -0.15) is 0 Å². The fourth-order valence-electron chi connectivity index (χ4n) is 7.54. The van der Waals surface area contributed by atoms with Gasteiger partial charge in [0, 0.05) is 159 Å². The van der Waals surface area contributed by atoms with Gasteiger partial charge in [0.1, 0.15) is 0 Å². The summed E-state index contributed by atoms with van der Waals surface area (Å²) in [6.07, 6.45) is 1.33. The molecular weight excluding hydrogens is 1240 g/mol. The molecule has 0 aromatic rings. The van der Waals surface area contributed by atoms with Crippen molar-refractivity contribution in [1.29, 1.82) is 0 Å². The van der Waals surface area contributed by atoms with E-state index in [0.29, 0.717) is 85.9 Å². The molecule has 0 heterocycles. The molecule has 0 spiro atoms. The summed E-state index contributed by atoms with van der Waals surface area (Å²) in [6.45, 7) is 57.4. The molecule has 0 fully saturated rings. The van der Waals surface area contributed by atoms with E-state index < -0.39 is 67.5 Å². The molecule has 20 nitrogen and oxygen atoms in total. The van der Waals surface area contributed by atoms with E-state index in [1.165, 1.54) is 0 Å². The van der Waals surface area contributed by atoms with Crippen LogP contribution in [0.3, 0.4) is 0 Å². The second kappa shape index (κ2) is 55.2. The Balaban J connectivity index is -0.000000523. The van der Waals surface area contributed by atoms with Crippen molar-refractivity contribution in [2.75, 3.05) is 168 Å². The topological polar surface area (TPSA) is 185 Å². The molecule has 0 bridgehead atoms. The van der Waals surface area contributed by atoms with Crippen LogP contribution in [0.2, 0.25) is 127 Å². The summed E-state index contributed by atoms with van der Waals surface area (Å²) in [5, 5.41) is 0. The van der Waals surface area contributed by atoms with Gasteiger partial charge in [-0.15, -0.1) is 0 Å². The van der Waals surface area contributed by atoms with Gasteiger partial charge in [-0.1, -0.05) is 6.92 Å². The first-order valence-electron chi connectivity index (χ1n) is 32.2. The number of rotatable bonds is 55. The lowest BCUT2D eigenvalue weighted by Gasteiger charge is -2.26. The van der Waals surface area contributed by atoms with Gasteiger partial charge in [0.05, 0.1) is 51.3 Å². The highest BCUT2D eigenvalue weighted by Gasteiger charge is 2.33. The Morgan fingerprint density at radius 2 is 0.523 bits per heavy atom. The van der Waals surface area contributed by atoms with E-state index >= 15 is 0 Å². The van der Waals surface area contributed by atoms with Gasteiger partial charge in [0.2, 0.25) is 0 Å². The Hall–Kier alpha value is 0.935. The van der Waals surface area contributed by atoms with Crippen LogP contribution in [-0.4, -0.2) is 254 Å². The maximum absolute atomic E-state index is 5.98. The smallest absolute Gasteiger partial charge is 0.337 e. The van der Waals surface area contributed by atoms with Crippen LogP contribution in [0.5, 0.6) is 0 Å². The van der Waals surface area contributed by atoms with Crippen LogP contribution in [0, 0.1) is 0 Å². The minimum absolute atomic E-state index is 0.105. The van der Waals surface area contributed by atoms with Gasteiger partial charge >= 0.3 is 34.2 Å². The zero-order chi connectivity index (χ0) is 66.7. The first-order chi connectivity index (χ1) is 40.3. The molecule has 0 rings (SSSR count). The van der Waals surface area contributed by atoms with Crippen molar-refractivity contribution in [2.45, 2.75) is 214 Å². The Bertz CT molecular complexity index is 1470. The van der Waals surface area contributed by atoms with E-state index in [-0.39, 0.29) is 18.3 Å². The van der Waals surface area contributed by atoms with Crippen molar-refractivity contribution < 1.29 is 91.0 Å². The molecule has 0 aliphatic rings. The highest BCUT2D eigenvalue weighted by molar-refractivity contribution is 6.72. The predicted octanol–water partition coefficient (Wildman–Crippen LogP) is 12.8. The van der Waals surface area contributed by atoms with Crippen LogP contribution in [-0.2, 0) is 91.0 Å². The summed E-state index contributed by atoms with van der Waals surface area (Å²) in [5.74, 6) is 0. The molecular formula is C58H140O20Si8. The van der Waals surface area contributed by atoms with Gasteiger partial charge in [-0.25, -0.2) is 0 Å². The molecule has 3 unspecified atom stereocenters. The van der Waals surface area contributed by atoms with Crippen molar-refractivity contribution in [1.82, 2.24) is 0 Å². The van der Waals surface area contributed by atoms with Gasteiger partial charge in [0.25, 0.3) is 0 Å². The second-order valence-electron chi connectivity index (χ2n) is 24.1. The molecule has 86 heavy (non-hydrogen) atoms. The molecule has 0 aliphatic carbocycles. The van der Waals surface area contributed by atoms with Crippen molar-refractivity contribution in [3.63, 3.8) is 0 Å². The van der Waals surface area contributed by atoms with Gasteiger partial charge in [-0.05, 0) is 165 Å². The quantitative estimate of drug-likeness (QED) is 0.0413. The summed E-state index contributed by atoms with van der Waals surface area (Å²) in [4.78, 5) is 0. The zero-order valence-corrected chi connectivity index (χ0v) is 68.7. The van der Waals surface area contributed by atoms with E-state index in [1.807, 2.05) is 54.6 Å². The van der Waals surface area contributed by atoms with Crippen LogP contribution in [0.4, 0.5) is 0 Å². The monoisotopic (exact) mass is 1380 g/mol. The van der Waals surface area contributed by atoms with Crippen molar-refractivity contribution in [3.8, 4) is 0 Å². The first-order valence-corrected chi connectivity index (χ1v) is 54.7. The maximum atomic E-state index is 5.98. The maximum Gasteiger partial charge on any atom is 0.337 e. The van der Waals surface area contributed by atoms with Crippen LogP contribution in [0.1, 0.15) is 68.7 Å². The highest BCUT2D eigenvalue weighted by atomic mass is 28.4. The SMILES string of the molecule is CCO[Si](C)(C)CCOC(C)COCC[Si](C)(OCC)OCC.CCO[Si](C)(C)CCOC(CC)COCC[Si](C)(OCC)OCC.CO[Si](C)(C)CCOC(C)COCC[Si](C)(OC)OC.CO[Si](C)(C)CCOCCOCC[Si](C)(OC)OC. The van der Waals surface area contributed by atoms with Crippen LogP contribution in [0.15, 0.2) is 0 Å². The first kappa shape index (κ1) is 93.3. The molecule has 0 aromatic heterocycles. The lowest BCUT2D eigenvalue weighted by molar-refractivity contribution is -0.0123. The Kier molecular flexibility index (Phi) is 60.0. The van der Waals surface area contributed by atoms with E-state index in [9.17, 15) is 0 Å². The van der Waals surface area contributed by atoms with E-state index in [0.717, 1.165) is 94.4 Å². The molecule has 3 atom stereocenters. The standard InChI is InChI=1S/C17H40O5Si2.C16H38O5Si2.C13H32O5Si2.C12H30O5Si2/c1-8-17(19-13-14-23(5,6)20-9-2)16-18-12-15-24(7,21-10-3)22-11-4;1-8-19-22(5,6)13-12-18-16(4)15-17-11-14-23(7,20-9-2)21-10-3;1-13(18-9-10-19(5,6)14-2)12-17-8-11-20(7,15-3)16-4;1-13-18(4,5)11-9-16-7-8-17-10-12-19(6,14-2)15-3/h17H,8-16H2,1-7H3;16H,8-15H2,1-7H3;13H,8-12H2,1-7H3;7-12H2,1-6H3. The number of ether oxygens (including phenoxy) is 8. The average Bonchev–Trinajstić information content (AvgIpc) is 3.53. The molecule has 0 aromatic carbocycles. The molecule has 524 valence electrons. The molecule has 0 radical (unpaired) electrons. The molecule has 0 aliphatic heterocycles.